The molecule has 5 nitrogen and oxygen atoms in total. The summed E-state index contributed by atoms with van der Waals surface area (Å²) in [4.78, 5) is 11.0. The predicted octanol–water partition coefficient (Wildman–Crippen LogP) is 2.70. The van der Waals surface area contributed by atoms with Crippen LogP contribution in [-0.2, 0) is 0 Å². The van der Waals surface area contributed by atoms with Crippen LogP contribution in [0, 0.1) is 0 Å². The zero-order valence-corrected chi connectivity index (χ0v) is 9.87. The lowest BCUT2D eigenvalue weighted by atomic mass is 10.1. The van der Waals surface area contributed by atoms with Crippen molar-refractivity contribution in [1.29, 1.82) is 0 Å². The van der Waals surface area contributed by atoms with Gasteiger partial charge in [-0.3, -0.25) is 4.79 Å². The molecule has 2 heterocycles. The minimum Gasteiger partial charge on any atom is -0.451 e. The van der Waals surface area contributed by atoms with Crippen LogP contribution in [0.5, 0.6) is 0 Å². The molecule has 1 amide bonds. The first-order valence-corrected chi connectivity index (χ1v) is 5.65. The maximum atomic E-state index is 11.0. The first-order chi connectivity index (χ1) is 9.24. The number of nitrogens with zero attached hydrogens (tertiary/aromatic N) is 1. The molecule has 5 heteroatoms. The van der Waals surface area contributed by atoms with Crippen LogP contribution in [0.4, 0.5) is 0 Å². The van der Waals surface area contributed by atoms with Crippen LogP contribution in [0.15, 0.2) is 57.7 Å². The normalized spacial score (nSPS) is 10.5. The summed E-state index contributed by atoms with van der Waals surface area (Å²) in [6.45, 7) is 0. The molecule has 0 unspecified atom stereocenters. The number of amides is 1. The Labute approximate surface area is 108 Å². The van der Waals surface area contributed by atoms with E-state index in [4.69, 9.17) is 14.7 Å². The number of rotatable bonds is 3. The van der Waals surface area contributed by atoms with Crippen molar-refractivity contribution >= 4 is 5.91 Å². The summed E-state index contributed by atoms with van der Waals surface area (Å²) in [5.74, 6) is 0.139. The van der Waals surface area contributed by atoms with Crippen LogP contribution in [-0.4, -0.2) is 11.1 Å². The largest absolute Gasteiger partial charge is 0.451 e. The maximum Gasteiger partial charge on any atom is 0.284 e. The SMILES string of the molecule is NC(=O)c1ccc(-c2cccc(-c3ccon3)c2)o1. The van der Waals surface area contributed by atoms with E-state index in [1.165, 1.54) is 6.26 Å². The fourth-order valence-corrected chi connectivity index (χ4v) is 1.82. The van der Waals surface area contributed by atoms with Gasteiger partial charge in [0.15, 0.2) is 5.76 Å². The van der Waals surface area contributed by atoms with Crippen molar-refractivity contribution in [3.05, 3.63) is 54.5 Å². The molecule has 0 atom stereocenters. The van der Waals surface area contributed by atoms with Crippen molar-refractivity contribution in [3.63, 3.8) is 0 Å². The molecule has 0 aliphatic heterocycles. The molecule has 3 rings (SSSR count). The van der Waals surface area contributed by atoms with Crippen LogP contribution in [0.2, 0.25) is 0 Å². The van der Waals surface area contributed by atoms with E-state index in [1.54, 1.807) is 18.2 Å². The zero-order chi connectivity index (χ0) is 13.2. The Morgan fingerprint density at radius 3 is 2.63 bits per heavy atom. The van der Waals surface area contributed by atoms with E-state index in [0.717, 1.165) is 16.8 Å². The lowest BCUT2D eigenvalue weighted by molar-refractivity contribution is 0.0974. The van der Waals surface area contributed by atoms with E-state index in [1.807, 2.05) is 24.3 Å². The van der Waals surface area contributed by atoms with Gasteiger partial charge >= 0.3 is 0 Å². The molecule has 2 N–H and O–H groups in total. The molecule has 0 radical (unpaired) electrons. The minimum absolute atomic E-state index is 0.141. The smallest absolute Gasteiger partial charge is 0.284 e. The Morgan fingerprint density at radius 2 is 1.95 bits per heavy atom. The number of furan rings is 1. The quantitative estimate of drug-likeness (QED) is 0.779. The van der Waals surface area contributed by atoms with Crippen LogP contribution in [0.25, 0.3) is 22.6 Å². The molecular weight excluding hydrogens is 244 g/mol. The number of benzene rings is 1. The van der Waals surface area contributed by atoms with Crippen molar-refractivity contribution in [2.75, 3.05) is 0 Å². The van der Waals surface area contributed by atoms with Gasteiger partial charge in [-0.15, -0.1) is 0 Å². The van der Waals surface area contributed by atoms with Gasteiger partial charge in [0, 0.05) is 17.2 Å². The number of hydrogen-bond acceptors (Lipinski definition) is 4. The molecule has 0 fully saturated rings. The Bertz CT molecular complexity index is 714. The average molecular weight is 254 g/mol. The Balaban J connectivity index is 2.01. The Kier molecular flexibility index (Phi) is 2.64. The van der Waals surface area contributed by atoms with Crippen molar-refractivity contribution < 1.29 is 13.7 Å². The van der Waals surface area contributed by atoms with Crippen LogP contribution in [0.1, 0.15) is 10.6 Å². The number of carbonyl (C=O) groups is 1. The highest BCUT2D eigenvalue weighted by atomic mass is 16.5. The first-order valence-electron chi connectivity index (χ1n) is 5.65. The molecule has 19 heavy (non-hydrogen) atoms. The highest BCUT2D eigenvalue weighted by Crippen LogP contribution is 2.26. The van der Waals surface area contributed by atoms with Gasteiger partial charge in [0.2, 0.25) is 0 Å². The number of hydrogen-bond donors (Lipinski definition) is 1. The van der Waals surface area contributed by atoms with Crippen LogP contribution >= 0.6 is 0 Å². The minimum atomic E-state index is -0.584. The van der Waals surface area contributed by atoms with Crippen molar-refractivity contribution in [3.8, 4) is 22.6 Å². The molecule has 0 spiro atoms. The van der Waals surface area contributed by atoms with Gasteiger partial charge in [0.25, 0.3) is 5.91 Å². The lowest BCUT2D eigenvalue weighted by Gasteiger charge is -2.00. The third-order valence-corrected chi connectivity index (χ3v) is 2.73. The molecule has 1 aromatic carbocycles. The number of primary amides is 1. The molecule has 94 valence electrons. The van der Waals surface area contributed by atoms with E-state index in [0.29, 0.717) is 5.76 Å². The van der Waals surface area contributed by atoms with Gasteiger partial charge in [-0.05, 0) is 18.2 Å². The summed E-state index contributed by atoms with van der Waals surface area (Å²) >= 11 is 0. The van der Waals surface area contributed by atoms with Gasteiger partial charge in [-0.2, -0.15) is 0 Å². The monoisotopic (exact) mass is 254 g/mol. The maximum absolute atomic E-state index is 11.0. The molecule has 0 bridgehead atoms. The molecule has 0 saturated heterocycles. The zero-order valence-electron chi connectivity index (χ0n) is 9.87. The number of nitrogens with two attached hydrogens (primary N) is 1. The highest BCUT2D eigenvalue weighted by molar-refractivity contribution is 5.90. The van der Waals surface area contributed by atoms with E-state index in [2.05, 4.69) is 5.16 Å². The summed E-state index contributed by atoms with van der Waals surface area (Å²) in [5, 5.41) is 3.87. The van der Waals surface area contributed by atoms with Crippen molar-refractivity contribution in [1.82, 2.24) is 5.16 Å². The summed E-state index contributed by atoms with van der Waals surface area (Å²) in [5.41, 5.74) is 7.64. The third-order valence-electron chi connectivity index (χ3n) is 2.73. The molecule has 0 aliphatic carbocycles. The van der Waals surface area contributed by atoms with Crippen LogP contribution < -0.4 is 5.73 Å². The Morgan fingerprint density at radius 1 is 1.11 bits per heavy atom. The van der Waals surface area contributed by atoms with Crippen molar-refractivity contribution in [2.45, 2.75) is 0 Å². The predicted molar refractivity (Wildman–Crippen MR) is 68.2 cm³/mol. The standard InChI is InChI=1S/C14H10N2O3/c15-14(17)13-5-4-12(19-13)10-3-1-2-9(8-10)11-6-7-18-16-11/h1-8H,(H2,15,17). The summed E-state index contributed by atoms with van der Waals surface area (Å²) < 4.78 is 10.2. The van der Waals surface area contributed by atoms with E-state index in [9.17, 15) is 4.79 Å². The second kappa shape index (κ2) is 4.45. The van der Waals surface area contributed by atoms with Crippen molar-refractivity contribution in [2.24, 2.45) is 5.73 Å². The van der Waals surface area contributed by atoms with Gasteiger partial charge < -0.3 is 14.7 Å². The second-order valence-corrected chi connectivity index (χ2v) is 3.99. The number of aromatic nitrogens is 1. The number of carbonyl (C=O) groups excluding carboxylic acids is 1. The van der Waals surface area contributed by atoms with E-state index < -0.39 is 5.91 Å². The Hall–Kier alpha value is -2.82. The van der Waals surface area contributed by atoms with E-state index in [-0.39, 0.29) is 5.76 Å². The molecule has 2 aromatic heterocycles. The average Bonchev–Trinajstić information content (AvgIpc) is 3.10. The summed E-state index contributed by atoms with van der Waals surface area (Å²) in [6, 6.07) is 12.6. The van der Waals surface area contributed by atoms with Gasteiger partial charge in [-0.25, -0.2) is 0 Å². The molecule has 3 aromatic rings. The van der Waals surface area contributed by atoms with E-state index >= 15 is 0 Å². The topological polar surface area (TPSA) is 82.3 Å². The first kappa shape index (κ1) is 11.3. The summed E-state index contributed by atoms with van der Waals surface area (Å²) in [7, 11) is 0. The lowest BCUT2D eigenvalue weighted by Crippen LogP contribution is -2.09. The van der Waals surface area contributed by atoms with Gasteiger partial charge in [0.05, 0.1) is 0 Å². The third kappa shape index (κ3) is 2.13. The fourth-order valence-electron chi connectivity index (χ4n) is 1.82. The molecule has 0 saturated carbocycles. The fraction of sp³-hybridized carbons (Fsp3) is 0. The van der Waals surface area contributed by atoms with Gasteiger partial charge in [-0.1, -0.05) is 23.4 Å². The highest BCUT2D eigenvalue weighted by Gasteiger charge is 2.10. The summed E-state index contributed by atoms with van der Waals surface area (Å²) in [6.07, 6.45) is 1.51. The molecule has 0 aliphatic rings. The molecular formula is C14H10N2O3. The second-order valence-electron chi connectivity index (χ2n) is 3.99. The van der Waals surface area contributed by atoms with Gasteiger partial charge in [0.1, 0.15) is 17.7 Å². The van der Waals surface area contributed by atoms with Crippen LogP contribution in [0.3, 0.4) is 0 Å².